The van der Waals surface area contributed by atoms with Crippen LogP contribution in [0.4, 0.5) is 0 Å². The number of ether oxygens (including phenoxy) is 1. The number of hydrogen-bond acceptors (Lipinski definition) is 2. The van der Waals surface area contributed by atoms with E-state index in [1.807, 2.05) is 0 Å². The van der Waals surface area contributed by atoms with E-state index in [1.54, 1.807) is 0 Å². The minimum absolute atomic E-state index is 0.385. The Hall–Kier alpha value is -1.06. The third-order valence-corrected chi connectivity index (χ3v) is 3.62. The predicted molar refractivity (Wildman–Crippen MR) is 68.5 cm³/mol. The summed E-state index contributed by atoms with van der Waals surface area (Å²) in [5.41, 5.74) is 3.44. The Labute approximate surface area is 105 Å². The molecule has 0 bridgehead atoms. The van der Waals surface area contributed by atoms with Gasteiger partial charge in [0.2, 0.25) is 0 Å². The van der Waals surface area contributed by atoms with E-state index in [4.69, 9.17) is 16.3 Å². The molecule has 1 aromatic carbocycles. The summed E-state index contributed by atoms with van der Waals surface area (Å²) >= 11 is 6.01. The SMILES string of the molecule is Cc1cccc2c1nc(CCl)n2C1CCOC1. The maximum Gasteiger partial charge on any atom is 0.125 e. The van der Waals surface area contributed by atoms with Crippen LogP contribution in [-0.4, -0.2) is 22.8 Å². The Balaban J connectivity index is 2.22. The first-order chi connectivity index (χ1) is 8.31. The number of aromatic nitrogens is 2. The van der Waals surface area contributed by atoms with Crippen molar-refractivity contribution >= 4 is 22.6 Å². The smallest absolute Gasteiger partial charge is 0.125 e. The quantitative estimate of drug-likeness (QED) is 0.766. The summed E-state index contributed by atoms with van der Waals surface area (Å²) in [4.78, 5) is 4.65. The fraction of sp³-hybridized carbons (Fsp3) is 0.462. The van der Waals surface area contributed by atoms with Crippen molar-refractivity contribution in [3.8, 4) is 0 Å². The van der Waals surface area contributed by atoms with E-state index < -0.39 is 0 Å². The molecule has 0 N–H and O–H groups in total. The van der Waals surface area contributed by atoms with Gasteiger partial charge < -0.3 is 9.30 Å². The Morgan fingerprint density at radius 1 is 1.53 bits per heavy atom. The molecule has 0 aliphatic carbocycles. The zero-order valence-electron chi connectivity index (χ0n) is 9.82. The standard InChI is InChI=1S/C13H15ClN2O/c1-9-3-2-4-11-13(9)15-12(7-14)16(11)10-5-6-17-8-10/h2-4,10H,5-8H2,1H3. The van der Waals surface area contributed by atoms with Gasteiger partial charge in [-0.15, -0.1) is 11.6 Å². The monoisotopic (exact) mass is 250 g/mol. The van der Waals surface area contributed by atoms with Crippen molar-refractivity contribution in [2.24, 2.45) is 0 Å². The lowest BCUT2D eigenvalue weighted by molar-refractivity contribution is 0.187. The Morgan fingerprint density at radius 2 is 2.41 bits per heavy atom. The van der Waals surface area contributed by atoms with Crippen LogP contribution in [0.15, 0.2) is 18.2 Å². The molecule has 0 radical (unpaired) electrons. The summed E-state index contributed by atoms with van der Waals surface area (Å²) in [5.74, 6) is 1.40. The molecule has 3 rings (SSSR count). The van der Waals surface area contributed by atoms with Crippen LogP contribution < -0.4 is 0 Å². The second-order valence-electron chi connectivity index (χ2n) is 4.49. The molecule has 1 atom stereocenters. The van der Waals surface area contributed by atoms with Gasteiger partial charge in [0, 0.05) is 6.61 Å². The third kappa shape index (κ3) is 1.74. The van der Waals surface area contributed by atoms with Crippen LogP contribution in [0.2, 0.25) is 0 Å². The minimum atomic E-state index is 0.385. The summed E-state index contributed by atoms with van der Waals surface area (Å²) in [6.07, 6.45) is 1.04. The van der Waals surface area contributed by atoms with Gasteiger partial charge in [0.1, 0.15) is 5.82 Å². The predicted octanol–water partition coefficient (Wildman–Crippen LogP) is 3.04. The summed E-state index contributed by atoms with van der Waals surface area (Å²) in [6, 6.07) is 6.66. The molecule has 2 heterocycles. The van der Waals surface area contributed by atoms with Gasteiger partial charge in [0.25, 0.3) is 0 Å². The van der Waals surface area contributed by atoms with Crippen molar-refractivity contribution in [3.63, 3.8) is 0 Å². The molecule has 0 spiro atoms. The molecule has 90 valence electrons. The Kier molecular flexibility index (Phi) is 2.81. The average molecular weight is 251 g/mol. The van der Waals surface area contributed by atoms with Crippen LogP contribution >= 0.6 is 11.6 Å². The molecule has 1 aromatic heterocycles. The number of hydrogen-bond donors (Lipinski definition) is 0. The van der Waals surface area contributed by atoms with Crippen molar-refractivity contribution in [2.75, 3.05) is 13.2 Å². The molecule has 0 saturated carbocycles. The van der Waals surface area contributed by atoms with Gasteiger partial charge in [-0.05, 0) is 25.0 Å². The molecular formula is C13H15ClN2O. The number of halogens is 1. The second kappa shape index (κ2) is 4.31. The van der Waals surface area contributed by atoms with Crippen LogP contribution in [0.3, 0.4) is 0 Å². The van der Waals surface area contributed by atoms with Crippen LogP contribution in [-0.2, 0) is 10.6 Å². The molecule has 1 saturated heterocycles. The maximum absolute atomic E-state index is 6.01. The van der Waals surface area contributed by atoms with Gasteiger partial charge in [0.05, 0.1) is 29.6 Å². The van der Waals surface area contributed by atoms with Crippen LogP contribution in [0, 0.1) is 6.92 Å². The van der Waals surface area contributed by atoms with E-state index in [2.05, 4.69) is 34.7 Å². The lowest BCUT2D eigenvalue weighted by Gasteiger charge is -2.13. The Morgan fingerprint density at radius 3 is 3.12 bits per heavy atom. The molecule has 1 aliphatic rings. The van der Waals surface area contributed by atoms with Crippen molar-refractivity contribution in [2.45, 2.75) is 25.3 Å². The first kappa shape index (κ1) is 11.1. The number of para-hydroxylation sites is 1. The van der Waals surface area contributed by atoms with Crippen molar-refractivity contribution in [1.82, 2.24) is 9.55 Å². The molecule has 17 heavy (non-hydrogen) atoms. The first-order valence-electron chi connectivity index (χ1n) is 5.91. The molecule has 1 fully saturated rings. The van der Waals surface area contributed by atoms with Gasteiger partial charge in [-0.2, -0.15) is 0 Å². The summed E-state index contributed by atoms with van der Waals surface area (Å²) in [7, 11) is 0. The Bertz CT molecular complexity index is 544. The number of alkyl halides is 1. The molecule has 0 amide bonds. The highest BCUT2D eigenvalue weighted by molar-refractivity contribution is 6.16. The fourth-order valence-electron chi connectivity index (χ4n) is 2.53. The van der Waals surface area contributed by atoms with E-state index in [0.29, 0.717) is 11.9 Å². The molecule has 3 nitrogen and oxygen atoms in total. The molecule has 1 unspecified atom stereocenters. The highest BCUT2D eigenvalue weighted by atomic mass is 35.5. The topological polar surface area (TPSA) is 27.1 Å². The maximum atomic E-state index is 6.01. The zero-order valence-corrected chi connectivity index (χ0v) is 10.6. The molecule has 4 heteroatoms. The largest absolute Gasteiger partial charge is 0.379 e. The van der Waals surface area contributed by atoms with Gasteiger partial charge in [-0.1, -0.05) is 12.1 Å². The summed E-state index contributed by atoms with van der Waals surface area (Å²) < 4.78 is 7.72. The summed E-state index contributed by atoms with van der Waals surface area (Å²) in [6.45, 7) is 3.68. The number of fused-ring (bicyclic) bond motifs is 1. The van der Waals surface area contributed by atoms with E-state index >= 15 is 0 Å². The fourth-order valence-corrected chi connectivity index (χ4v) is 2.72. The highest BCUT2D eigenvalue weighted by Crippen LogP contribution is 2.28. The van der Waals surface area contributed by atoms with Gasteiger partial charge in [-0.3, -0.25) is 0 Å². The summed E-state index contributed by atoms with van der Waals surface area (Å²) in [5, 5.41) is 0. The van der Waals surface area contributed by atoms with Gasteiger partial charge in [0.15, 0.2) is 0 Å². The zero-order chi connectivity index (χ0) is 11.8. The van der Waals surface area contributed by atoms with E-state index in [-0.39, 0.29) is 0 Å². The minimum Gasteiger partial charge on any atom is -0.379 e. The normalized spacial score (nSPS) is 20.2. The van der Waals surface area contributed by atoms with Crippen LogP contribution in [0.25, 0.3) is 11.0 Å². The second-order valence-corrected chi connectivity index (χ2v) is 4.76. The molecular weight excluding hydrogens is 236 g/mol. The van der Waals surface area contributed by atoms with Crippen molar-refractivity contribution in [1.29, 1.82) is 0 Å². The van der Waals surface area contributed by atoms with Crippen LogP contribution in [0.1, 0.15) is 23.9 Å². The molecule has 2 aromatic rings. The van der Waals surface area contributed by atoms with Gasteiger partial charge in [-0.25, -0.2) is 4.98 Å². The van der Waals surface area contributed by atoms with E-state index in [9.17, 15) is 0 Å². The van der Waals surface area contributed by atoms with Crippen molar-refractivity contribution in [3.05, 3.63) is 29.6 Å². The molecule has 1 aliphatic heterocycles. The van der Waals surface area contributed by atoms with Crippen molar-refractivity contribution < 1.29 is 4.74 Å². The number of rotatable bonds is 2. The number of nitrogens with zero attached hydrogens (tertiary/aromatic N) is 2. The lowest BCUT2D eigenvalue weighted by atomic mass is 10.2. The lowest BCUT2D eigenvalue weighted by Crippen LogP contribution is -2.11. The highest BCUT2D eigenvalue weighted by Gasteiger charge is 2.23. The van der Waals surface area contributed by atoms with E-state index in [0.717, 1.165) is 31.0 Å². The first-order valence-corrected chi connectivity index (χ1v) is 6.45. The number of imidazole rings is 1. The average Bonchev–Trinajstić information content (AvgIpc) is 2.94. The third-order valence-electron chi connectivity index (χ3n) is 3.39. The van der Waals surface area contributed by atoms with E-state index in [1.165, 1.54) is 11.1 Å². The van der Waals surface area contributed by atoms with Gasteiger partial charge >= 0.3 is 0 Å². The van der Waals surface area contributed by atoms with Crippen LogP contribution in [0.5, 0.6) is 0 Å². The number of benzene rings is 1. The number of aryl methyl sites for hydroxylation is 1.